The van der Waals surface area contributed by atoms with E-state index in [2.05, 4.69) is 180 Å². The summed E-state index contributed by atoms with van der Waals surface area (Å²) >= 11 is 7.89. The quantitative estimate of drug-likeness (QED) is 0.0342. The van der Waals surface area contributed by atoms with Gasteiger partial charge in [0.2, 0.25) is 0 Å². The van der Waals surface area contributed by atoms with E-state index in [1.54, 1.807) is 22.3 Å². The largest absolute Gasteiger partial charge is 0.340 e. The van der Waals surface area contributed by atoms with Gasteiger partial charge in [-0.3, -0.25) is 0 Å². The molecule has 9 rings (SSSR count). The van der Waals surface area contributed by atoms with Crippen LogP contribution in [0.2, 0.25) is 0 Å². The molecule has 1 heterocycles. The summed E-state index contributed by atoms with van der Waals surface area (Å²) in [6, 6.07) is 44.9. The molecule has 0 N–H and O–H groups in total. The number of unbranched alkanes of at least 4 members (excludes halogenated alkanes) is 25. The molecule has 6 aromatic carbocycles. The SMILES string of the molecule is CCCCCCCCn1c2ccc(Br)cc2c2cc(-c3ccc4c(c3)C(CCCCCCCC)(CCCCCCCC)c3cc(-c5ccc6c(c5)C(CCCCCCCC)(CCCCCCCC)c5cc(Br)ccc5-6)ccc3-4)ccc21. The molecule has 3 heteroatoms. The minimum Gasteiger partial charge on any atom is -0.340 e. The number of hydrogen-bond donors (Lipinski definition) is 0. The van der Waals surface area contributed by atoms with Crippen LogP contribution in [0.25, 0.3) is 66.3 Å². The summed E-state index contributed by atoms with van der Waals surface area (Å²) in [6.07, 6.45) is 44.7. The van der Waals surface area contributed by atoms with Crippen LogP contribution in [0.15, 0.2) is 118 Å². The fourth-order valence-electron chi connectivity index (χ4n) is 15.2. The van der Waals surface area contributed by atoms with Gasteiger partial charge in [-0.15, -0.1) is 0 Å². The second-order valence-corrected chi connectivity index (χ2v) is 27.4. The summed E-state index contributed by atoms with van der Waals surface area (Å²) in [7, 11) is 0. The van der Waals surface area contributed by atoms with Crippen LogP contribution >= 0.6 is 31.9 Å². The summed E-state index contributed by atoms with van der Waals surface area (Å²) in [5, 5.41) is 2.74. The highest BCUT2D eigenvalue weighted by Crippen LogP contribution is 2.58. The first-order chi connectivity index (χ1) is 39.8. The highest BCUT2D eigenvalue weighted by atomic mass is 79.9. The molecule has 0 amide bonds. The number of fused-ring (bicyclic) bond motifs is 9. The number of rotatable bonds is 37. The lowest BCUT2D eigenvalue weighted by molar-refractivity contribution is 0.397. The molecule has 0 fully saturated rings. The fraction of sp³-hybridized carbons (Fsp3) is 0.538. The summed E-state index contributed by atoms with van der Waals surface area (Å²) < 4.78 is 4.99. The average Bonchev–Trinajstić information content (AvgIpc) is 4.19. The smallest absolute Gasteiger partial charge is 0.0492 e. The molecule has 7 aromatic rings. The van der Waals surface area contributed by atoms with Crippen LogP contribution in [0.3, 0.4) is 0 Å². The number of aryl methyl sites for hydroxylation is 1. The van der Waals surface area contributed by atoms with Crippen molar-refractivity contribution < 1.29 is 0 Å². The van der Waals surface area contributed by atoms with Crippen LogP contribution in [-0.4, -0.2) is 4.57 Å². The molecule has 0 atom stereocenters. The van der Waals surface area contributed by atoms with Gasteiger partial charge in [-0.25, -0.2) is 0 Å². The van der Waals surface area contributed by atoms with E-state index >= 15 is 0 Å². The van der Waals surface area contributed by atoms with Gasteiger partial charge in [0.05, 0.1) is 0 Å². The third-order valence-electron chi connectivity index (χ3n) is 19.7. The molecule has 0 radical (unpaired) electrons. The van der Waals surface area contributed by atoms with Crippen LogP contribution in [0, 0.1) is 0 Å². The Morgan fingerprint density at radius 2 is 0.568 bits per heavy atom. The first kappa shape index (κ1) is 61.6. The zero-order valence-corrected chi connectivity index (χ0v) is 54.5. The third-order valence-corrected chi connectivity index (χ3v) is 20.7. The van der Waals surface area contributed by atoms with Crippen molar-refractivity contribution in [2.75, 3.05) is 0 Å². The molecule has 0 bridgehead atoms. The van der Waals surface area contributed by atoms with Crippen LogP contribution < -0.4 is 0 Å². The van der Waals surface area contributed by atoms with Gasteiger partial charge in [-0.2, -0.15) is 0 Å². The lowest BCUT2D eigenvalue weighted by Crippen LogP contribution is -2.26. The molecule has 0 saturated carbocycles. The maximum absolute atomic E-state index is 4.00. The summed E-state index contributed by atoms with van der Waals surface area (Å²) in [4.78, 5) is 0. The van der Waals surface area contributed by atoms with Gasteiger partial charge in [-0.1, -0.05) is 301 Å². The Morgan fingerprint density at radius 3 is 0.975 bits per heavy atom. The maximum atomic E-state index is 4.00. The fourth-order valence-corrected chi connectivity index (χ4v) is 15.9. The average molecular weight is 1210 g/mol. The number of aromatic nitrogens is 1. The zero-order chi connectivity index (χ0) is 56.4. The van der Waals surface area contributed by atoms with Crippen molar-refractivity contribution in [3.63, 3.8) is 0 Å². The second-order valence-electron chi connectivity index (χ2n) is 25.5. The van der Waals surface area contributed by atoms with E-state index in [1.165, 1.54) is 289 Å². The molecule has 0 aliphatic heterocycles. The number of benzene rings is 6. The third kappa shape index (κ3) is 14.4. The van der Waals surface area contributed by atoms with E-state index in [0.29, 0.717) is 0 Å². The van der Waals surface area contributed by atoms with Gasteiger partial charge in [0.25, 0.3) is 0 Å². The van der Waals surface area contributed by atoms with E-state index in [9.17, 15) is 0 Å². The minimum absolute atomic E-state index is 0.0327. The molecule has 1 nitrogen and oxygen atoms in total. The normalized spacial score (nSPS) is 13.8. The zero-order valence-electron chi connectivity index (χ0n) is 51.3. The first-order valence-corrected chi connectivity index (χ1v) is 35.4. The Kier molecular flexibility index (Phi) is 23.4. The molecule has 0 unspecified atom stereocenters. The highest BCUT2D eigenvalue weighted by Gasteiger charge is 2.44. The van der Waals surface area contributed by atoms with Crippen molar-refractivity contribution in [2.45, 2.75) is 270 Å². The molecule has 434 valence electrons. The van der Waals surface area contributed by atoms with Crippen LogP contribution in [-0.2, 0) is 17.4 Å². The second kappa shape index (κ2) is 30.8. The van der Waals surface area contributed by atoms with Crippen LogP contribution in [0.4, 0.5) is 0 Å². The standard InChI is InChI=1S/C78H103Br2N/c1-6-11-16-21-26-31-48-77(49-32-27-22-17-12-7-2)71-54-60(59-39-46-75-69(53-59)70-57-63(79)41-47-76(70)81(75)52-35-30-25-20-15-10-5)36-42-65(71)66-43-37-61(55-72(66)77)62-38-44-67-68-45-40-64(80)58-74(68)78(73(67)56-62,50-33-28-23-18-13-8-3)51-34-29-24-19-14-9-4/h36-47,53-58H,6-35,48-52H2,1-5H3. The van der Waals surface area contributed by atoms with Crippen molar-refractivity contribution in [3.05, 3.63) is 140 Å². The van der Waals surface area contributed by atoms with Crippen molar-refractivity contribution in [2.24, 2.45) is 0 Å². The van der Waals surface area contributed by atoms with Gasteiger partial charge >= 0.3 is 0 Å². The Hall–Kier alpha value is -3.92. The minimum atomic E-state index is -0.0349. The van der Waals surface area contributed by atoms with Crippen LogP contribution in [0.5, 0.6) is 0 Å². The van der Waals surface area contributed by atoms with Gasteiger partial charge in [0, 0.05) is 48.1 Å². The Labute approximate surface area is 509 Å². The molecule has 1 aromatic heterocycles. The summed E-state index contributed by atoms with van der Waals surface area (Å²) in [5.41, 5.74) is 20.5. The Bertz CT molecular complexity index is 3060. The highest BCUT2D eigenvalue weighted by molar-refractivity contribution is 9.10. The molecule has 0 spiro atoms. The topological polar surface area (TPSA) is 4.93 Å². The van der Waals surface area contributed by atoms with E-state index in [1.807, 2.05) is 0 Å². The van der Waals surface area contributed by atoms with E-state index in [0.717, 1.165) is 11.0 Å². The lowest BCUT2D eigenvalue weighted by Gasteiger charge is -2.34. The molecule has 2 aliphatic carbocycles. The molecule has 2 aliphatic rings. The van der Waals surface area contributed by atoms with Gasteiger partial charge in [0.1, 0.15) is 0 Å². The number of halogens is 2. The molecular weight excluding hydrogens is 1110 g/mol. The van der Waals surface area contributed by atoms with Gasteiger partial charge in [0.15, 0.2) is 0 Å². The van der Waals surface area contributed by atoms with E-state index in [4.69, 9.17) is 0 Å². The predicted molar refractivity (Wildman–Crippen MR) is 363 cm³/mol. The van der Waals surface area contributed by atoms with E-state index < -0.39 is 0 Å². The number of nitrogens with zero attached hydrogens (tertiary/aromatic N) is 1. The molecular formula is C78H103Br2N. The Balaban J connectivity index is 1.12. The van der Waals surface area contributed by atoms with Crippen molar-refractivity contribution in [1.29, 1.82) is 0 Å². The lowest BCUT2D eigenvalue weighted by atomic mass is 9.69. The summed E-state index contributed by atoms with van der Waals surface area (Å²) in [6.45, 7) is 12.8. The Morgan fingerprint density at radius 1 is 0.284 bits per heavy atom. The number of hydrogen-bond acceptors (Lipinski definition) is 0. The predicted octanol–water partition coefficient (Wildman–Crippen LogP) is 26.5. The van der Waals surface area contributed by atoms with Gasteiger partial charge in [-0.05, 0) is 160 Å². The van der Waals surface area contributed by atoms with Crippen molar-refractivity contribution in [1.82, 2.24) is 4.57 Å². The summed E-state index contributed by atoms with van der Waals surface area (Å²) in [5.74, 6) is 0. The van der Waals surface area contributed by atoms with Crippen LogP contribution in [0.1, 0.15) is 275 Å². The monoisotopic (exact) mass is 1210 g/mol. The van der Waals surface area contributed by atoms with E-state index in [-0.39, 0.29) is 10.8 Å². The molecule has 81 heavy (non-hydrogen) atoms. The van der Waals surface area contributed by atoms with Gasteiger partial charge < -0.3 is 4.57 Å². The maximum Gasteiger partial charge on any atom is 0.0492 e. The van der Waals surface area contributed by atoms with Crippen molar-refractivity contribution in [3.8, 4) is 44.5 Å². The van der Waals surface area contributed by atoms with Crippen molar-refractivity contribution >= 4 is 53.7 Å². The molecule has 0 saturated heterocycles. The first-order valence-electron chi connectivity index (χ1n) is 33.8.